The van der Waals surface area contributed by atoms with Gasteiger partial charge in [-0.1, -0.05) is 97.2 Å². The van der Waals surface area contributed by atoms with E-state index in [0.29, 0.717) is 24.1 Å². The Morgan fingerprint density at radius 2 is 1.67 bits per heavy atom. The van der Waals surface area contributed by atoms with E-state index in [-0.39, 0.29) is 61.4 Å². The number of hydrogen-bond acceptors (Lipinski definition) is 9. The molecule has 72 heavy (non-hydrogen) atoms. The van der Waals surface area contributed by atoms with Crippen molar-refractivity contribution in [3.8, 4) is 10.4 Å². The van der Waals surface area contributed by atoms with E-state index < -0.39 is 29.0 Å². The highest BCUT2D eigenvalue weighted by Crippen LogP contribution is 2.46. The van der Waals surface area contributed by atoms with Crippen molar-refractivity contribution in [3.63, 3.8) is 0 Å². The van der Waals surface area contributed by atoms with E-state index in [1.165, 1.54) is 4.90 Å². The molecule has 3 atom stereocenters. The number of rotatable bonds is 17. The molecule has 0 unspecified atom stereocenters. The summed E-state index contributed by atoms with van der Waals surface area (Å²) in [5, 5.41) is 20.7. The van der Waals surface area contributed by atoms with Gasteiger partial charge in [-0.15, -0.1) is 11.3 Å². The summed E-state index contributed by atoms with van der Waals surface area (Å²) in [5.41, 5.74) is 10.6. The van der Waals surface area contributed by atoms with Crippen LogP contribution < -0.4 is 20.9 Å². The quantitative estimate of drug-likeness (QED) is 0.0452. The Hall–Kier alpha value is -6.37. The minimum Gasteiger partial charge on any atom is -0.391 e. The Bertz CT molecular complexity index is 2880. The fraction of sp³-hybridized carbons (Fsp3) is 0.491. The van der Waals surface area contributed by atoms with E-state index in [4.69, 9.17) is 6.57 Å². The molecule has 2 fully saturated rings. The lowest BCUT2D eigenvalue weighted by molar-refractivity contribution is -0.144. The van der Waals surface area contributed by atoms with Gasteiger partial charge in [0.15, 0.2) is 11.5 Å². The third kappa shape index (κ3) is 11.1. The summed E-state index contributed by atoms with van der Waals surface area (Å²) < 4.78 is 0. The third-order valence-corrected chi connectivity index (χ3v) is 16.0. The Labute approximate surface area is 427 Å². The molecule has 3 aromatic carbocycles. The van der Waals surface area contributed by atoms with Crippen LogP contribution in [-0.4, -0.2) is 93.3 Å². The summed E-state index contributed by atoms with van der Waals surface area (Å²) in [4.78, 5) is 84.4. The van der Waals surface area contributed by atoms with Crippen LogP contribution in [0.3, 0.4) is 0 Å². The number of fused-ring (bicyclic) bond motifs is 4. The van der Waals surface area contributed by atoms with E-state index in [2.05, 4.69) is 68.6 Å². The van der Waals surface area contributed by atoms with Crippen LogP contribution in [-0.2, 0) is 37.6 Å². The van der Waals surface area contributed by atoms with E-state index in [9.17, 15) is 29.1 Å². The highest BCUT2D eigenvalue weighted by molar-refractivity contribution is 7.13. The van der Waals surface area contributed by atoms with Gasteiger partial charge in [-0.2, -0.15) is 0 Å². The summed E-state index contributed by atoms with van der Waals surface area (Å²) in [6, 6.07) is 16.1. The second-order valence-corrected chi connectivity index (χ2v) is 22.4. The van der Waals surface area contributed by atoms with Gasteiger partial charge in [0.05, 0.1) is 34.3 Å². The smallest absolute Gasteiger partial charge is 0.246 e. The Kier molecular flexibility index (Phi) is 15.7. The first kappa shape index (κ1) is 52.0. The normalized spacial score (nSPS) is 18.1. The molecule has 5 N–H and O–H groups in total. The molecule has 2 saturated heterocycles. The fourth-order valence-electron chi connectivity index (χ4n) is 10.8. The van der Waals surface area contributed by atoms with Gasteiger partial charge in [0.2, 0.25) is 23.6 Å². The highest BCUT2D eigenvalue weighted by atomic mass is 32.1. The SMILES string of the molecule is [C-]#[N+]c1ccc2c3c([nH]c2c1)C(C)(C)c1cc(N2CCC(NC(=O)CCCCCCCC(=O)N[C@H](C(=O)N4C[C@H](O)C[C@H]4C(=O)NCc4ccc(-c5scnc5C)cc4)C(C)(C)C)CC2)c(CC)cc1C3=O. The number of benzene rings is 3. The lowest BCUT2D eigenvalue weighted by atomic mass is 9.70. The number of β-amino-alcohol motifs (C(OH)–C–C–N with tert-alkyl or cyclic N) is 1. The van der Waals surface area contributed by atoms with Crippen molar-refractivity contribution in [1.82, 2.24) is 30.8 Å². The number of aliphatic hydroxyl groups excluding tert-OH is 1. The van der Waals surface area contributed by atoms with Crippen LogP contribution in [0.1, 0.15) is 150 Å². The molecule has 4 amide bonds. The third-order valence-electron chi connectivity index (χ3n) is 15.0. The van der Waals surface area contributed by atoms with Crippen LogP contribution in [0.5, 0.6) is 0 Å². The van der Waals surface area contributed by atoms with Gasteiger partial charge in [-0.25, -0.2) is 9.83 Å². The van der Waals surface area contributed by atoms with Gasteiger partial charge in [0.1, 0.15) is 12.1 Å². The van der Waals surface area contributed by atoms with Crippen molar-refractivity contribution in [2.75, 3.05) is 24.5 Å². The molecule has 2 aliphatic heterocycles. The topological polar surface area (TPSA) is 181 Å². The fourth-order valence-corrected chi connectivity index (χ4v) is 11.6. The molecule has 1 aliphatic carbocycles. The zero-order chi connectivity index (χ0) is 51.5. The molecular weight excluding hydrogens is 925 g/mol. The second kappa shape index (κ2) is 21.8. The first-order valence-electron chi connectivity index (χ1n) is 25.7. The number of carbonyl (C=O) groups excluding carboxylic acids is 5. The average molecular weight is 995 g/mol. The van der Waals surface area contributed by atoms with Gasteiger partial charge in [-0.05, 0) is 84.9 Å². The molecule has 0 radical (unpaired) electrons. The minimum absolute atomic E-state index is 0.0158. The number of H-pyrrole nitrogens is 1. The largest absolute Gasteiger partial charge is 0.391 e. The number of aryl methyl sites for hydroxylation is 2. The minimum atomic E-state index is -0.881. The summed E-state index contributed by atoms with van der Waals surface area (Å²) in [6.45, 7) is 23.4. The van der Waals surface area contributed by atoms with Crippen molar-refractivity contribution in [2.24, 2.45) is 5.41 Å². The Morgan fingerprint density at radius 3 is 2.32 bits per heavy atom. The molecule has 0 saturated carbocycles. The van der Waals surface area contributed by atoms with Crippen LogP contribution in [0.15, 0.2) is 60.1 Å². The zero-order valence-electron chi connectivity index (χ0n) is 42.9. The number of aromatic amines is 1. The molecular formula is C57H70N8O6S. The standard InChI is InChI=1S/C57H70N8O6S/c1-9-36-27-42-43(57(6,7)52-49(50(42)69)41-22-21-39(58-8)28-44(41)62-52)30-45(36)64-25-23-38(24-26-64)61-47(67)15-13-11-10-12-14-16-48(68)63-53(56(3,4)5)55(71)65-32-40(66)29-46(65)54(70)59-31-35-17-19-37(20-18-35)51-34(2)60-33-72-51/h17-22,27-28,30,33,38,40,46,53,62,66H,9-16,23-26,29,31-32H2,1-7H3,(H,59,70)(H,61,67)(H,63,68)/t40-,46+,53-/m1/s1. The van der Waals surface area contributed by atoms with Gasteiger partial charge < -0.3 is 35.8 Å². The van der Waals surface area contributed by atoms with Gasteiger partial charge in [-0.3, -0.25) is 24.0 Å². The zero-order valence-corrected chi connectivity index (χ0v) is 43.7. The predicted octanol–water partition coefficient (Wildman–Crippen LogP) is 9.21. The summed E-state index contributed by atoms with van der Waals surface area (Å²) in [7, 11) is 0. The van der Waals surface area contributed by atoms with Crippen LogP contribution in [0.25, 0.3) is 26.2 Å². The molecule has 3 aliphatic rings. The van der Waals surface area contributed by atoms with Crippen molar-refractivity contribution in [1.29, 1.82) is 0 Å². The van der Waals surface area contributed by atoms with E-state index >= 15 is 0 Å². The number of ketones is 1. The molecule has 0 spiro atoms. The molecule has 5 aromatic rings. The van der Waals surface area contributed by atoms with Gasteiger partial charge in [0, 0.05) is 84.7 Å². The first-order valence-corrected chi connectivity index (χ1v) is 26.6. The van der Waals surface area contributed by atoms with Gasteiger partial charge >= 0.3 is 0 Å². The molecule has 4 heterocycles. The predicted molar refractivity (Wildman–Crippen MR) is 283 cm³/mol. The summed E-state index contributed by atoms with van der Waals surface area (Å²) >= 11 is 1.58. The van der Waals surface area contributed by atoms with Crippen molar-refractivity contribution in [3.05, 3.63) is 111 Å². The lowest BCUT2D eigenvalue weighted by Crippen LogP contribution is -2.57. The first-order chi connectivity index (χ1) is 34.4. The Morgan fingerprint density at radius 1 is 0.972 bits per heavy atom. The van der Waals surface area contributed by atoms with Crippen molar-refractivity contribution >= 4 is 63.0 Å². The van der Waals surface area contributed by atoms with Crippen LogP contribution in [0.2, 0.25) is 0 Å². The van der Waals surface area contributed by atoms with E-state index in [1.807, 2.05) is 69.6 Å². The number of carbonyl (C=O) groups is 5. The lowest BCUT2D eigenvalue weighted by Gasteiger charge is -2.38. The van der Waals surface area contributed by atoms with Crippen LogP contribution in [0.4, 0.5) is 11.4 Å². The van der Waals surface area contributed by atoms with Crippen LogP contribution in [0, 0.1) is 18.9 Å². The summed E-state index contributed by atoms with van der Waals surface area (Å²) in [6.07, 6.45) is 6.39. The maximum Gasteiger partial charge on any atom is 0.246 e. The maximum absolute atomic E-state index is 14.1. The number of thiazole rings is 1. The number of piperidine rings is 1. The van der Waals surface area contributed by atoms with Crippen molar-refractivity contribution < 1.29 is 29.1 Å². The number of nitrogens with one attached hydrogen (secondary N) is 4. The maximum atomic E-state index is 14.1. The van der Waals surface area contributed by atoms with Crippen molar-refractivity contribution in [2.45, 2.75) is 155 Å². The molecule has 8 rings (SSSR count). The van der Waals surface area contributed by atoms with E-state index in [1.54, 1.807) is 17.4 Å². The average Bonchev–Trinajstić information content (AvgIpc) is 4.10. The van der Waals surface area contributed by atoms with Crippen LogP contribution >= 0.6 is 11.3 Å². The number of nitrogens with zero attached hydrogens (tertiary/aromatic N) is 4. The number of amides is 4. The number of unbranched alkanes of at least 4 members (excludes halogenated alkanes) is 4. The number of hydrogen-bond donors (Lipinski definition) is 5. The second-order valence-electron chi connectivity index (χ2n) is 21.6. The molecule has 2 aromatic heterocycles. The number of aromatic nitrogens is 2. The molecule has 14 nitrogen and oxygen atoms in total. The number of aliphatic hydroxyl groups is 1. The molecule has 15 heteroatoms. The molecule has 0 bridgehead atoms. The highest BCUT2D eigenvalue weighted by Gasteiger charge is 2.45. The number of likely N-dealkylation sites (tertiary alicyclic amines) is 1. The molecule has 380 valence electrons. The van der Waals surface area contributed by atoms with Gasteiger partial charge in [0.25, 0.3) is 0 Å². The van der Waals surface area contributed by atoms with E-state index in [0.717, 1.165) is 119 Å². The monoisotopic (exact) mass is 995 g/mol. The number of anilines is 1. The summed E-state index contributed by atoms with van der Waals surface area (Å²) in [5.74, 6) is -0.881. The Balaban J connectivity index is 0.746.